The standard InChI is InChI=1S/C9H9O.3C4H9.Sn/c1-8(10)7-9-5-3-2-4-6-9;3*1-3-4-2;/h2-5H,7H2,1H3;3*1,3-4H2,2H3;. The Kier molecular flexibility index (Phi) is 10.2. The Hall–Kier alpha value is -0.311. The van der Waals surface area contributed by atoms with Crippen molar-refractivity contribution in [2.24, 2.45) is 0 Å². The van der Waals surface area contributed by atoms with E-state index in [1.165, 1.54) is 57.4 Å². The minimum atomic E-state index is -2.40. The van der Waals surface area contributed by atoms with Crippen LogP contribution < -0.4 is 3.58 Å². The number of hydrogen-bond donors (Lipinski definition) is 0. The Morgan fingerprint density at radius 3 is 1.78 bits per heavy atom. The first kappa shape index (κ1) is 20.7. The summed E-state index contributed by atoms with van der Waals surface area (Å²) in [5.74, 6) is 0.305. The van der Waals surface area contributed by atoms with Crippen molar-refractivity contribution < 1.29 is 4.79 Å². The van der Waals surface area contributed by atoms with Crippen molar-refractivity contribution in [1.82, 2.24) is 0 Å². The molecule has 0 fully saturated rings. The SMILES string of the molecule is CCC[CH2][Sn]([CH2]CCC)([CH2]CCC)[c]1ccccc1CC(C)=O. The zero-order valence-electron chi connectivity index (χ0n) is 15.8. The molecular weight excluding hydrogens is 387 g/mol. The van der Waals surface area contributed by atoms with Crippen LogP contribution in [0.1, 0.15) is 71.8 Å². The molecular formula is C21H36OSn. The Bertz CT molecular complexity index is 445. The summed E-state index contributed by atoms with van der Waals surface area (Å²) in [6.07, 6.45) is 8.65. The molecule has 0 aliphatic carbocycles. The van der Waals surface area contributed by atoms with E-state index in [1.54, 1.807) is 10.5 Å². The van der Waals surface area contributed by atoms with E-state index in [0.29, 0.717) is 12.2 Å². The van der Waals surface area contributed by atoms with Gasteiger partial charge in [-0.25, -0.2) is 0 Å². The molecule has 0 saturated carbocycles. The Labute approximate surface area is 148 Å². The minimum absolute atomic E-state index is 0.305. The van der Waals surface area contributed by atoms with Gasteiger partial charge in [-0.3, -0.25) is 0 Å². The Morgan fingerprint density at radius 1 is 0.870 bits per heavy atom. The van der Waals surface area contributed by atoms with Crippen LogP contribution in [0.3, 0.4) is 0 Å². The van der Waals surface area contributed by atoms with Crippen LogP contribution in [0, 0.1) is 0 Å². The first-order chi connectivity index (χ1) is 11.1. The van der Waals surface area contributed by atoms with Gasteiger partial charge in [-0.05, 0) is 0 Å². The van der Waals surface area contributed by atoms with Crippen molar-refractivity contribution in [2.75, 3.05) is 0 Å². The second kappa shape index (κ2) is 11.3. The quantitative estimate of drug-likeness (QED) is 0.384. The second-order valence-electron chi connectivity index (χ2n) is 7.13. The van der Waals surface area contributed by atoms with Gasteiger partial charge in [0.1, 0.15) is 0 Å². The zero-order valence-corrected chi connectivity index (χ0v) is 18.6. The normalized spacial score (nSPS) is 11.7. The van der Waals surface area contributed by atoms with E-state index in [-0.39, 0.29) is 0 Å². The van der Waals surface area contributed by atoms with Crippen LogP contribution in [0.15, 0.2) is 24.3 Å². The number of carbonyl (C=O) groups excluding carboxylic acids is 1. The average molecular weight is 423 g/mol. The second-order valence-corrected chi connectivity index (χ2v) is 20.3. The van der Waals surface area contributed by atoms with Gasteiger partial charge in [0.2, 0.25) is 0 Å². The molecule has 0 aliphatic rings. The topological polar surface area (TPSA) is 17.1 Å². The number of hydrogen-bond acceptors (Lipinski definition) is 1. The summed E-state index contributed by atoms with van der Waals surface area (Å²) in [7, 11) is 0. The summed E-state index contributed by atoms with van der Waals surface area (Å²) in [4.78, 5) is 11.8. The predicted octanol–water partition coefficient (Wildman–Crippen LogP) is 5.87. The van der Waals surface area contributed by atoms with Gasteiger partial charge in [0, 0.05) is 0 Å². The van der Waals surface area contributed by atoms with Gasteiger partial charge in [-0.15, -0.1) is 0 Å². The van der Waals surface area contributed by atoms with Crippen molar-refractivity contribution in [2.45, 2.75) is 86.0 Å². The molecule has 2 heteroatoms. The van der Waals surface area contributed by atoms with E-state index in [2.05, 4.69) is 45.0 Å². The van der Waals surface area contributed by atoms with Crippen molar-refractivity contribution in [3.05, 3.63) is 29.8 Å². The first-order valence-electron chi connectivity index (χ1n) is 9.67. The van der Waals surface area contributed by atoms with E-state index >= 15 is 0 Å². The van der Waals surface area contributed by atoms with Gasteiger partial charge in [-0.1, -0.05) is 0 Å². The van der Waals surface area contributed by atoms with Crippen molar-refractivity contribution in [3.63, 3.8) is 0 Å². The number of rotatable bonds is 12. The number of benzene rings is 1. The van der Waals surface area contributed by atoms with Crippen LogP contribution in [0.25, 0.3) is 0 Å². The molecule has 0 aromatic heterocycles. The summed E-state index contributed by atoms with van der Waals surface area (Å²) >= 11 is -2.40. The molecule has 0 spiro atoms. The average Bonchev–Trinajstić information content (AvgIpc) is 2.55. The number of Topliss-reactive ketones (excluding diaryl/α,β-unsaturated/α-hetero) is 1. The number of carbonyl (C=O) groups is 1. The van der Waals surface area contributed by atoms with Gasteiger partial charge < -0.3 is 0 Å². The van der Waals surface area contributed by atoms with E-state index in [4.69, 9.17) is 0 Å². The van der Waals surface area contributed by atoms with E-state index in [0.717, 1.165) is 0 Å². The molecule has 130 valence electrons. The van der Waals surface area contributed by atoms with Gasteiger partial charge in [0.15, 0.2) is 0 Å². The fourth-order valence-corrected chi connectivity index (χ4v) is 20.8. The molecule has 1 rings (SSSR count). The van der Waals surface area contributed by atoms with E-state index < -0.39 is 18.4 Å². The summed E-state index contributed by atoms with van der Waals surface area (Å²) in [5.41, 5.74) is 1.36. The molecule has 0 amide bonds. The predicted molar refractivity (Wildman–Crippen MR) is 105 cm³/mol. The van der Waals surface area contributed by atoms with Crippen LogP contribution in [-0.2, 0) is 11.2 Å². The first-order valence-corrected chi connectivity index (χ1v) is 17.2. The molecule has 23 heavy (non-hydrogen) atoms. The van der Waals surface area contributed by atoms with Crippen molar-refractivity contribution in [1.29, 1.82) is 0 Å². The maximum absolute atomic E-state index is 11.8. The molecule has 0 heterocycles. The molecule has 0 unspecified atom stereocenters. The fourth-order valence-electron chi connectivity index (χ4n) is 3.78. The third-order valence-electron chi connectivity index (χ3n) is 5.05. The molecule has 1 aromatic carbocycles. The van der Waals surface area contributed by atoms with Crippen LogP contribution in [-0.4, -0.2) is 24.2 Å². The Balaban J connectivity index is 3.25. The zero-order chi connectivity index (χ0) is 17.1. The van der Waals surface area contributed by atoms with Crippen molar-refractivity contribution >= 4 is 27.7 Å². The summed E-state index contributed by atoms with van der Waals surface area (Å²) in [5, 5.41) is 0. The molecule has 0 radical (unpaired) electrons. The van der Waals surface area contributed by atoms with Crippen LogP contribution >= 0.6 is 0 Å². The summed E-state index contributed by atoms with van der Waals surface area (Å²) < 4.78 is 6.09. The summed E-state index contributed by atoms with van der Waals surface area (Å²) in [6.45, 7) is 8.69. The van der Waals surface area contributed by atoms with E-state index in [9.17, 15) is 4.79 Å². The molecule has 0 atom stereocenters. The van der Waals surface area contributed by atoms with E-state index in [1.807, 2.05) is 0 Å². The molecule has 0 N–H and O–H groups in total. The molecule has 1 aromatic rings. The van der Waals surface area contributed by atoms with Gasteiger partial charge in [0.25, 0.3) is 0 Å². The molecule has 0 aliphatic heterocycles. The van der Waals surface area contributed by atoms with Crippen LogP contribution in [0.4, 0.5) is 0 Å². The van der Waals surface area contributed by atoms with Gasteiger partial charge in [0.05, 0.1) is 0 Å². The Morgan fingerprint density at radius 2 is 1.35 bits per heavy atom. The third-order valence-corrected chi connectivity index (χ3v) is 20.9. The van der Waals surface area contributed by atoms with Crippen molar-refractivity contribution in [3.8, 4) is 0 Å². The molecule has 0 bridgehead atoms. The van der Waals surface area contributed by atoms with Crippen LogP contribution in [0.5, 0.6) is 0 Å². The number of ketones is 1. The summed E-state index contributed by atoms with van der Waals surface area (Å²) in [6, 6.07) is 8.97. The van der Waals surface area contributed by atoms with Gasteiger partial charge in [-0.2, -0.15) is 0 Å². The van der Waals surface area contributed by atoms with Gasteiger partial charge >= 0.3 is 148 Å². The maximum atomic E-state index is 11.8. The fraction of sp³-hybridized carbons (Fsp3) is 0.667. The monoisotopic (exact) mass is 424 g/mol. The van der Waals surface area contributed by atoms with Crippen LogP contribution in [0.2, 0.25) is 13.3 Å². The molecule has 1 nitrogen and oxygen atoms in total. The third kappa shape index (κ3) is 6.60. The molecule has 0 saturated heterocycles. The number of unbranched alkanes of at least 4 members (excludes halogenated alkanes) is 3.